The zero-order chi connectivity index (χ0) is 11.5. The molecule has 2 amide bonds. The summed E-state index contributed by atoms with van der Waals surface area (Å²) < 4.78 is 4.89. The molecule has 6 heteroatoms. The van der Waals surface area contributed by atoms with Gasteiger partial charge in [0, 0.05) is 31.9 Å². The predicted octanol–water partition coefficient (Wildman–Crippen LogP) is 1.41. The number of hydrogen-bond donors (Lipinski definition) is 0. The first-order chi connectivity index (χ1) is 7.66. The molecule has 0 bridgehead atoms. The Morgan fingerprint density at radius 1 is 1.38 bits per heavy atom. The number of imide groups is 1. The third-order valence-electron chi connectivity index (χ3n) is 2.50. The number of aromatic nitrogens is 1. The van der Waals surface area contributed by atoms with Gasteiger partial charge in [0.25, 0.3) is 0 Å². The first-order valence-corrected chi connectivity index (χ1v) is 5.49. The second-order valence-electron chi connectivity index (χ2n) is 3.66. The van der Waals surface area contributed by atoms with Crippen LogP contribution < -0.4 is 0 Å². The SMILES string of the molecule is O=C1CCCC(=O)N1CCc1cc(Cl)no1. The number of hydrogen-bond acceptors (Lipinski definition) is 4. The molecule has 2 rings (SSSR count). The lowest BCUT2D eigenvalue weighted by molar-refractivity contribution is -0.147. The van der Waals surface area contributed by atoms with Gasteiger partial charge in [-0.2, -0.15) is 0 Å². The molecule has 1 aliphatic heterocycles. The van der Waals surface area contributed by atoms with Gasteiger partial charge in [0.1, 0.15) is 5.76 Å². The predicted molar refractivity (Wildman–Crippen MR) is 55.8 cm³/mol. The van der Waals surface area contributed by atoms with E-state index in [9.17, 15) is 9.59 Å². The van der Waals surface area contributed by atoms with Crippen molar-refractivity contribution in [2.45, 2.75) is 25.7 Å². The van der Waals surface area contributed by atoms with Gasteiger partial charge in [-0.1, -0.05) is 16.8 Å². The molecule has 0 aromatic carbocycles. The minimum Gasteiger partial charge on any atom is -0.360 e. The van der Waals surface area contributed by atoms with Crippen molar-refractivity contribution in [3.05, 3.63) is 17.0 Å². The Balaban J connectivity index is 1.93. The highest BCUT2D eigenvalue weighted by Crippen LogP contribution is 2.14. The summed E-state index contributed by atoms with van der Waals surface area (Å²) in [4.78, 5) is 24.2. The van der Waals surface area contributed by atoms with Crippen LogP contribution in [0.1, 0.15) is 25.0 Å². The van der Waals surface area contributed by atoms with E-state index in [4.69, 9.17) is 16.1 Å². The molecule has 2 heterocycles. The molecule has 0 aliphatic carbocycles. The van der Waals surface area contributed by atoms with Gasteiger partial charge in [-0.05, 0) is 6.42 Å². The lowest BCUT2D eigenvalue weighted by atomic mass is 10.1. The molecule has 1 aromatic rings. The van der Waals surface area contributed by atoms with Crippen molar-refractivity contribution in [2.24, 2.45) is 0 Å². The number of rotatable bonds is 3. The monoisotopic (exact) mass is 242 g/mol. The fourth-order valence-electron chi connectivity index (χ4n) is 1.68. The number of likely N-dealkylation sites (tertiary alicyclic amines) is 1. The first kappa shape index (κ1) is 11.1. The van der Waals surface area contributed by atoms with Crippen molar-refractivity contribution in [3.63, 3.8) is 0 Å². The highest BCUT2D eigenvalue weighted by atomic mass is 35.5. The Labute approximate surface area is 97.3 Å². The molecule has 0 unspecified atom stereocenters. The van der Waals surface area contributed by atoms with Crippen LogP contribution in [0.25, 0.3) is 0 Å². The van der Waals surface area contributed by atoms with E-state index in [0.29, 0.717) is 38.0 Å². The summed E-state index contributed by atoms with van der Waals surface area (Å²) >= 11 is 5.59. The van der Waals surface area contributed by atoms with Crippen molar-refractivity contribution in [1.82, 2.24) is 10.1 Å². The minimum atomic E-state index is -0.109. The lowest BCUT2D eigenvalue weighted by Crippen LogP contribution is -2.41. The van der Waals surface area contributed by atoms with E-state index < -0.39 is 0 Å². The van der Waals surface area contributed by atoms with Gasteiger partial charge in [-0.25, -0.2) is 0 Å². The number of nitrogens with zero attached hydrogens (tertiary/aromatic N) is 2. The molecule has 1 aromatic heterocycles. The smallest absolute Gasteiger partial charge is 0.229 e. The zero-order valence-electron chi connectivity index (χ0n) is 8.61. The second-order valence-corrected chi connectivity index (χ2v) is 4.05. The van der Waals surface area contributed by atoms with Crippen LogP contribution in [0.5, 0.6) is 0 Å². The van der Waals surface area contributed by atoms with Crippen molar-refractivity contribution in [2.75, 3.05) is 6.54 Å². The summed E-state index contributed by atoms with van der Waals surface area (Å²) in [5, 5.41) is 3.80. The third-order valence-corrected chi connectivity index (χ3v) is 2.67. The average molecular weight is 243 g/mol. The van der Waals surface area contributed by atoms with Crippen LogP contribution in [-0.2, 0) is 16.0 Å². The van der Waals surface area contributed by atoms with Crippen LogP contribution >= 0.6 is 11.6 Å². The van der Waals surface area contributed by atoms with Gasteiger partial charge in [0.05, 0.1) is 0 Å². The molecule has 1 fully saturated rings. The highest BCUT2D eigenvalue weighted by Gasteiger charge is 2.25. The van der Waals surface area contributed by atoms with Gasteiger partial charge in [0.15, 0.2) is 5.15 Å². The van der Waals surface area contributed by atoms with Crippen LogP contribution in [0.4, 0.5) is 0 Å². The summed E-state index contributed by atoms with van der Waals surface area (Å²) in [5.74, 6) is 0.361. The van der Waals surface area contributed by atoms with Crippen LogP contribution in [0, 0.1) is 0 Å². The van der Waals surface area contributed by atoms with Crippen molar-refractivity contribution < 1.29 is 14.1 Å². The van der Waals surface area contributed by atoms with E-state index in [-0.39, 0.29) is 17.0 Å². The molecular formula is C10H11ClN2O3. The zero-order valence-corrected chi connectivity index (χ0v) is 9.37. The normalized spacial score (nSPS) is 16.9. The molecule has 1 saturated heterocycles. The Morgan fingerprint density at radius 3 is 2.62 bits per heavy atom. The van der Waals surface area contributed by atoms with E-state index in [0.717, 1.165) is 0 Å². The summed E-state index contributed by atoms with van der Waals surface area (Å²) in [6.45, 7) is 0.336. The fourth-order valence-corrected chi connectivity index (χ4v) is 1.83. The molecule has 1 aliphatic rings. The molecular weight excluding hydrogens is 232 g/mol. The first-order valence-electron chi connectivity index (χ1n) is 5.11. The number of amides is 2. The summed E-state index contributed by atoms with van der Waals surface area (Å²) in [5.41, 5.74) is 0. The topological polar surface area (TPSA) is 63.4 Å². The second kappa shape index (κ2) is 4.65. The standard InChI is InChI=1S/C10H11ClN2O3/c11-8-6-7(16-12-8)4-5-13-9(14)2-1-3-10(13)15/h6H,1-5H2. The van der Waals surface area contributed by atoms with Crippen LogP contribution in [0.2, 0.25) is 5.15 Å². The summed E-state index contributed by atoms with van der Waals surface area (Å²) in [6, 6.07) is 1.58. The molecule has 0 saturated carbocycles. The number of halogens is 1. The molecule has 0 radical (unpaired) electrons. The van der Waals surface area contributed by atoms with E-state index in [1.54, 1.807) is 6.07 Å². The fraction of sp³-hybridized carbons (Fsp3) is 0.500. The van der Waals surface area contributed by atoms with Crippen LogP contribution in [0.3, 0.4) is 0 Å². The van der Waals surface area contributed by atoms with Gasteiger partial charge in [0.2, 0.25) is 11.8 Å². The van der Waals surface area contributed by atoms with E-state index in [1.807, 2.05) is 0 Å². The molecule has 0 N–H and O–H groups in total. The number of carbonyl (C=O) groups excluding carboxylic acids is 2. The van der Waals surface area contributed by atoms with E-state index in [1.165, 1.54) is 4.90 Å². The maximum Gasteiger partial charge on any atom is 0.229 e. The largest absolute Gasteiger partial charge is 0.360 e. The molecule has 86 valence electrons. The number of carbonyl (C=O) groups is 2. The van der Waals surface area contributed by atoms with Crippen LogP contribution in [0.15, 0.2) is 10.6 Å². The summed E-state index contributed by atoms with van der Waals surface area (Å²) in [7, 11) is 0. The number of piperidine rings is 1. The van der Waals surface area contributed by atoms with Gasteiger partial charge in [-0.15, -0.1) is 0 Å². The third kappa shape index (κ3) is 2.41. The maximum absolute atomic E-state index is 11.5. The van der Waals surface area contributed by atoms with Crippen LogP contribution in [-0.4, -0.2) is 28.4 Å². The highest BCUT2D eigenvalue weighted by molar-refractivity contribution is 6.29. The van der Waals surface area contributed by atoms with Crippen molar-refractivity contribution in [3.8, 4) is 0 Å². The molecule has 16 heavy (non-hydrogen) atoms. The molecule has 0 spiro atoms. The minimum absolute atomic E-state index is 0.109. The van der Waals surface area contributed by atoms with Gasteiger partial charge in [-0.3, -0.25) is 14.5 Å². The summed E-state index contributed by atoms with van der Waals surface area (Å²) in [6.07, 6.45) is 2.01. The lowest BCUT2D eigenvalue weighted by Gasteiger charge is -2.24. The van der Waals surface area contributed by atoms with Gasteiger partial charge < -0.3 is 4.52 Å². The Kier molecular flexibility index (Phi) is 3.24. The average Bonchev–Trinajstić information content (AvgIpc) is 2.63. The van der Waals surface area contributed by atoms with Crippen molar-refractivity contribution in [1.29, 1.82) is 0 Å². The molecule has 5 nitrogen and oxygen atoms in total. The molecule has 0 atom stereocenters. The van der Waals surface area contributed by atoms with E-state index >= 15 is 0 Å². The van der Waals surface area contributed by atoms with Gasteiger partial charge >= 0.3 is 0 Å². The Hall–Kier alpha value is -1.36. The van der Waals surface area contributed by atoms with Crippen molar-refractivity contribution >= 4 is 23.4 Å². The maximum atomic E-state index is 11.5. The quantitative estimate of drug-likeness (QED) is 0.752. The Bertz CT molecular complexity index is 400. The Morgan fingerprint density at radius 2 is 2.06 bits per heavy atom. The van der Waals surface area contributed by atoms with E-state index in [2.05, 4.69) is 5.16 Å².